The van der Waals surface area contributed by atoms with Crippen LogP contribution in [0.4, 0.5) is 5.13 Å². The van der Waals surface area contributed by atoms with Gasteiger partial charge in [0.15, 0.2) is 16.6 Å². The van der Waals surface area contributed by atoms with Crippen molar-refractivity contribution in [3.63, 3.8) is 0 Å². The van der Waals surface area contributed by atoms with Crippen LogP contribution in [0, 0.1) is 19.8 Å². The molecular weight excluding hydrogens is 324 g/mol. The summed E-state index contributed by atoms with van der Waals surface area (Å²) in [7, 11) is 1.57. The Morgan fingerprint density at radius 1 is 1.29 bits per heavy atom. The lowest BCUT2D eigenvalue weighted by Crippen LogP contribution is -2.12. The number of nitrogens with one attached hydrogen (secondary N) is 1. The molecule has 1 amide bonds. The lowest BCUT2D eigenvalue weighted by atomic mass is 10.1. The van der Waals surface area contributed by atoms with Gasteiger partial charge >= 0.3 is 0 Å². The fourth-order valence-corrected chi connectivity index (χ4v) is 2.84. The summed E-state index contributed by atoms with van der Waals surface area (Å²) in [5, 5.41) is 3.42. The summed E-state index contributed by atoms with van der Waals surface area (Å²) in [4.78, 5) is 17.8. The first-order chi connectivity index (χ1) is 11.4. The molecule has 1 aromatic carbocycles. The molecule has 0 spiro atoms. The molecule has 0 saturated heterocycles. The van der Waals surface area contributed by atoms with Crippen LogP contribution in [0.15, 0.2) is 18.2 Å². The maximum Gasteiger partial charge on any atom is 0.257 e. The van der Waals surface area contributed by atoms with Gasteiger partial charge in [0.1, 0.15) is 0 Å². The van der Waals surface area contributed by atoms with Crippen LogP contribution >= 0.6 is 11.3 Å². The fourth-order valence-electron chi connectivity index (χ4n) is 2.03. The Hall–Kier alpha value is -2.08. The SMILES string of the molecule is COc1cc(C(=O)Nc2nc(C)c(C)s2)ccc1OCCC(C)C. The van der Waals surface area contributed by atoms with Gasteiger partial charge in [-0.15, -0.1) is 11.3 Å². The molecule has 2 rings (SSSR count). The van der Waals surface area contributed by atoms with Crippen LogP contribution in [-0.2, 0) is 0 Å². The molecule has 1 aromatic heterocycles. The maximum atomic E-state index is 12.4. The highest BCUT2D eigenvalue weighted by molar-refractivity contribution is 7.15. The summed E-state index contributed by atoms with van der Waals surface area (Å²) >= 11 is 1.47. The van der Waals surface area contributed by atoms with E-state index in [4.69, 9.17) is 9.47 Å². The van der Waals surface area contributed by atoms with Crippen LogP contribution in [0.3, 0.4) is 0 Å². The third-order valence-corrected chi connectivity index (χ3v) is 4.62. The maximum absolute atomic E-state index is 12.4. The number of methoxy groups -OCH3 is 1. The second-order valence-corrected chi connectivity index (χ2v) is 7.21. The zero-order valence-corrected chi connectivity index (χ0v) is 15.6. The van der Waals surface area contributed by atoms with Crippen LogP contribution < -0.4 is 14.8 Å². The number of amides is 1. The van der Waals surface area contributed by atoms with Crippen molar-refractivity contribution >= 4 is 22.4 Å². The molecule has 2 aromatic rings. The number of carbonyl (C=O) groups is 1. The van der Waals surface area contributed by atoms with Gasteiger partial charge in [-0.1, -0.05) is 13.8 Å². The van der Waals surface area contributed by atoms with Crippen molar-refractivity contribution in [2.24, 2.45) is 5.92 Å². The van der Waals surface area contributed by atoms with Gasteiger partial charge in [0, 0.05) is 10.4 Å². The zero-order chi connectivity index (χ0) is 17.7. The van der Waals surface area contributed by atoms with Crippen LogP contribution in [-0.4, -0.2) is 24.6 Å². The number of nitrogens with zero attached hydrogens (tertiary/aromatic N) is 1. The van der Waals surface area contributed by atoms with Gasteiger partial charge in [-0.3, -0.25) is 10.1 Å². The molecule has 1 heterocycles. The van der Waals surface area contributed by atoms with E-state index in [-0.39, 0.29) is 5.91 Å². The van der Waals surface area contributed by atoms with Crippen LogP contribution in [0.25, 0.3) is 0 Å². The lowest BCUT2D eigenvalue weighted by molar-refractivity contribution is 0.102. The molecule has 0 aliphatic heterocycles. The first-order valence-corrected chi connectivity index (χ1v) is 8.78. The number of ether oxygens (including phenoxy) is 2. The number of hydrogen-bond acceptors (Lipinski definition) is 5. The summed E-state index contributed by atoms with van der Waals surface area (Å²) in [6.07, 6.45) is 0.966. The number of hydrogen-bond donors (Lipinski definition) is 1. The highest BCUT2D eigenvalue weighted by Crippen LogP contribution is 2.29. The molecule has 0 saturated carbocycles. The monoisotopic (exact) mass is 348 g/mol. The van der Waals surface area contributed by atoms with Crippen LogP contribution in [0.2, 0.25) is 0 Å². The normalized spacial score (nSPS) is 10.8. The van der Waals surface area contributed by atoms with Crippen molar-refractivity contribution in [3.05, 3.63) is 34.3 Å². The Kier molecular flexibility index (Phi) is 6.20. The number of carbonyl (C=O) groups excluding carboxylic acids is 1. The predicted octanol–water partition coefficient (Wildman–Crippen LogP) is 4.45. The molecule has 0 bridgehead atoms. The molecule has 1 N–H and O–H groups in total. The first kappa shape index (κ1) is 18.3. The highest BCUT2D eigenvalue weighted by atomic mass is 32.1. The molecule has 0 fully saturated rings. The van der Waals surface area contributed by atoms with E-state index in [9.17, 15) is 4.79 Å². The van der Waals surface area contributed by atoms with Crippen molar-refractivity contribution < 1.29 is 14.3 Å². The van der Waals surface area contributed by atoms with Gasteiger partial charge in [0.25, 0.3) is 5.91 Å². The quantitative estimate of drug-likeness (QED) is 0.803. The van der Waals surface area contributed by atoms with Gasteiger partial charge in [-0.05, 0) is 44.4 Å². The average Bonchev–Trinajstić information content (AvgIpc) is 2.84. The van der Waals surface area contributed by atoms with E-state index in [2.05, 4.69) is 24.1 Å². The van der Waals surface area contributed by atoms with E-state index in [0.717, 1.165) is 17.0 Å². The van der Waals surface area contributed by atoms with Crippen molar-refractivity contribution in [1.82, 2.24) is 4.98 Å². The van der Waals surface area contributed by atoms with Crippen molar-refractivity contribution in [3.8, 4) is 11.5 Å². The van der Waals surface area contributed by atoms with Crippen molar-refractivity contribution in [1.29, 1.82) is 0 Å². The number of anilines is 1. The van der Waals surface area contributed by atoms with Crippen molar-refractivity contribution in [2.75, 3.05) is 19.0 Å². The van der Waals surface area contributed by atoms with Gasteiger partial charge in [-0.25, -0.2) is 4.98 Å². The Labute approximate surface area is 147 Å². The summed E-state index contributed by atoms with van der Waals surface area (Å²) in [5.41, 5.74) is 1.44. The number of thiazole rings is 1. The largest absolute Gasteiger partial charge is 0.493 e. The van der Waals surface area contributed by atoms with E-state index in [0.29, 0.717) is 34.7 Å². The molecule has 130 valence electrons. The Morgan fingerprint density at radius 3 is 2.62 bits per heavy atom. The average molecular weight is 348 g/mol. The summed E-state index contributed by atoms with van der Waals surface area (Å²) in [6, 6.07) is 5.19. The Morgan fingerprint density at radius 2 is 2.04 bits per heavy atom. The Bertz CT molecular complexity index is 691. The third-order valence-electron chi connectivity index (χ3n) is 3.63. The minimum absolute atomic E-state index is 0.212. The number of aryl methyl sites for hydroxylation is 2. The first-order valence-electron chi connectivity index (χ1n) is 7.97. The smallest absolute Gasteiger partial charge is 0.257 e. The fraction of sp³-hybridized carbons (Fsp3) is 0.444. The zero-order valence-electron chi connectivity index (χ0n) is 14.8. The van der Waals surface area contributed by atoms with Crippen LogP contribution in [0.5, 0.6) is 11.5 Å². The third kappa shape index (κ3) is 4.71. The molecule has 24 heavy (non-hydrogen) atoms. The molecule has 0 atom stereocenters. The van der Waals surface area contributed by atoms with Gasteiger partial charge in [0.05, 0.1) is 19.4 Å². The summed E-state index contributed by atoms with van der Waals surface area (Å²) < 4.78 is 11.1. The number of aromatic nitrogens is 1. The molecule has 0 aliphatic carbocycles. The number of benzene rings is 1. The van der Waals surface area contributed by atoms with Gasteiger partial charge in [-0.2, -0.15) is 0 Å². The van der Waals surface area contributed by atoms with E-state index in [1.807, 2.05) is 13.8 Å². The molecule has 0 unspecified atom stereocenters. The van der Waals surface area contributed by atoms with E-state index in [1.165, 1.54) is 11.3 Å². The van der Waals surface area contributed by atoms with E-state index >= 15 is 0 Å². The van der Waals surface area contributed by atoms with Crippen LogP contribution in [0.1, 0.15) is 41.2 Å². The second kappa shape index (κ2) is 8.15. The standard InChI is InChI=1S/C18H24N2O3S/c1-11(2)8-9-23-15-7-6-14(10-16(15)22-5)17(21)20-18-19-12(3)13(4)24-18/h6-7,10-11H,8-9H2,1-5H3,(H,19,20,21). The van der Waals surface area contributed by atoms with Gasteiger partial charge in [0.2, 0.25) is 0 Å². The second-order valence-electron chi connectivity index (χ2n) is 6.01. The lowest BCUT2D eigenvalue weighted by Gasteiger charge is -2.13. The minimum atomic E-state index is -0.212. The highest BCUT2D eigenvalue weighted by Gasteiger charge is 2.13. The minimum Gasteiger partial charge on any atom is -0.493 e. The molecule has 5 nitrogen and oxygen atoms in total. The molecular formula is C18H24N2O3S. The van der Waals surface area contributed by atoms with E-state index in [1.54, 1.807) is 25.3 Å². The van der Waals surface area contributed by atoms with Gasteiger partial charge < -0.3 is 9.47 Å². The van der Waals surface area contributed by atoms with E-state index < -0.39 is 0 Å². The number of rotatable bonds is 7. The summed E-state index contributed by atoms with van der Waals surface area (Å²) in [5.74, 6) is 1.57. The molecule has 0 aliphatic rings. The Balaban J connectivity index is 2.08. The van der Waals surface area contributed by atoms with Crippen molar-refractivity contribution in [2.45, 2.75) is 34.1 Å². The predicted molar refractivity (Wildman–Crippen MR) is 97.5 cm³/mol. The molecule has 6 heteroatoms. The molecule has 0 radical (unpaired) electrons. The topological polar surface area (TPSA) is 60.5 Å². The summed E-state index contributed by atoms with van der Waals surface area (Å²) in [6.45, 7) is 8.83.